The lowest BCUT2D eigenvalue weighted by Crippen LogP contribution is -1.99. The van der Waals surface area contributed by atoms with Gasteiger partial charge in [0.2, 0.25) is 5.82 Å². The number of aromatic nitrogens is 2. The van der Waals surface area contributed by atoms with E-state index in [0.29, 0.717) is 11.6 Å². The quantitative estimate of drug-likeness (QED) is 0.504. The van der Waals surface area contributed by atoms with Crippen LogP contribution < -0.4 is 9.47 Å². The predicted molar refractivity (Wildman–Crippen MR) is 81.6 cm³/mol. The summed E-state index contributed by atoms with van der Waals surface area (Å²) in [6.45, 7) is -0.0192. The molecule has 2 heterocycles. The number of methoxy groups -OCH3 is 1. The molecule has 0 aliphatic rings. The van der Waals surface area contributed by atoms with E-state index in [1.807, 2.05) is 16.8 Å². The smallest absolute Gasteiger partial charge is 0.273 e. The van der Waals surface area contributed by atoms with Crippen molar-refractivity contribution in [1.29, 1.82) is 0 Å². The number of nitro groups is 1. The highest BCUT2D eigenvalue weighted by molar-refractivity contribution is 7.08. The fourth-order valence-corrected chi connectivity index (χ4v) is 2.49. The Balaban J connectivity index is 1.75. The van der Waals surface area contributed by atoms with Crippen LogP contribution in [0.15, 0.2) is 39.5 Å². The van der Waals surface area contributed by atoms with Crippen molar-refractivity contribution in [3.63, 3.8) is 0 Å². The molecule has 0 aliphatic heterocycles. The standard InChI is InChI=1S/C14H11N3O5S/c1-20-11-3-2-10(17(18)19)6-12(11)21-7-13-15-14(16-22-13)9-4-5-23-8-9/h2-6,8H,7H2,1H3. The van der Waals surface area contributed by atoms with Crippen LogP contribution in [-0.2, 0) is 6.61 Å². The van der Waals surface area contributed by atoms with Gasteiger partial charge in [0.1, 0.15) is 0 Å². The molecule has 0 saturated heterocycles. The molecule has 0 bridgehead atoms. The molecule has 2 aromatic heterocycles. The third-order valence-corrected chi connectivity index (χ3v) is 3.64. The summed E-state index contributed by atoms with van der Waals surface area (Å²) in [5, 5.41) is 18.5. The predicted octanol–water partition coefficient (Wildman–Crippen LogP) is 3.29. The van der Waals surface area contributed by atoms with Gasteiger partial charge in [0.25, 0.3) is 11.6 Å². The molecule has 9 heteroatoms. The molecule has 0 radical (unpaired) electrons. The molecule has 0 unspecified atom stereocenters. The second kappa shape index (κ2) is 6.44. The Hall–Kier alpha value is -2.94. The van der Waals surface area contributed by atoms with Gasteiger partial charge in [-0.3, -0.25) is 10.1 Å². The van der Waals surface area contributed by atoms with E-state index in [9.17, 15) is 10.1 Å². The Kier molecular flexibility index (Phi) is 4.20. The lowest BCUT2D eigenvalue weighted by molar-refractivity contribution is -0.385. The van der Waals surface area contributed by atoms with E-state index in [0.717, 1.165) is 5.56 Å². The summed E-state index contributed by atoms with van der Waals surface area (Å²) in [5.41, 5.74) is 0.767. The van der Waals surface area contributed by atoms with Gasteiger partial charge in [-0.05, 0) is 17.5 Å². The highest BCUT2D eigenvalue weighted by Gasteiger charge is 2.15. The Labute approximate surface area is 134 Å². The summed E-state index contributed by atoms with van der Waals surface area (Å²) in [5.74, 6) is 1.35. The lowest BCUT2D eigenvalue weighted by atomic mass is 10.3. The van der Waals surface area contributed by atoms with Crippen LogP contribution in [0.2, 0.25) is 0 Å². The second-order valence-electron chi connectivity index (χ2n) is 4.40. The minimum atomic E-state index is -0.506. The number of hydrogen-bond acceptors (Lipinski definition) is 8. The zero-order valence-corrected chi connectivity index (χ0v) is 12.8. The van der Waals surface area contributed by atoms with E-state index >= 15 is 0 Å². The Morgan fingerprint density at radius 1 is 1.35 bits per heavy atom. The topological polar surface area (TPSA) is 101 Å². The summed E-state index contributed by atoms with van der Waals surface area (Å²) < 4.78 is 15.7. The molecule has 0 fully saturated rings. The summed E-state index contributed by atoms with van der Waals surface area (Å²) in [6.07, 6.45) is 0. The van der Waals surface area contributed by atoms with E-state index in [2.05, 4.69) is 10.1 Å². The highest BCUT2D eigenvalue weighted by atomic mass is 32.1. The highest BCUT2D eigenvalue weighted by Crippen LogP contribution is 2.31. The summed E-state index contributed by atoms with van der Waals surface area (Å²) in [7, 11) is 1.45. The summed E-state index contributed by atoms with van der Waals surface area (Å²) in [4.78, 5) is 14.5. The van der Waals surface area contributed by atoms with Crippen LogP contribution in [0, 0.1) is 10.1 Å². The number of hydrogen-bond donors (Lipinski definition) is 0. The maximum Gasteiger partial charge on any atom is 0.273 e. The first kappa shape index (κ1) is 15.0. The number of ether oxygens (including phenoxy) is 2. The first-order valence-corrected chi connectivity index (χ1v) is 7.42. The molecule has 3 rings (SSSR count). The van der Waals surface area contributed by atoms with Crippen LogP contribution in [0.1, 0.15) is 5.89 Å². The van der Waals surface area contributed by atoms with E-state index in [1.165, 1.54) is 36.6 Å². The van der Waals surface area contributed by atoms with Crippen molar-refractivity contribution >= 4 is 17.0 Å². The average Bonchev–Trinajstić information content (AvgIpc) is 3.23. The molecule has 0 saturated carbocycles. The van der Waals surface area contributed by atoms with Gasteiger partial charge in [0.15, 0.2) is 18.1 Å². The first-order valence-electron chi connectivity index (χ1n) is 6.48. The number of non-ortho nitro benzene ring substituents is 1. The molecule has 3 aromatic rings. The molecule has 23 heavy (non-hydrogen) atoms. The van der Waals surface area contributed by atoms with Crippen molar-refractivity contribution < 1.29 is 18.9 Å². The molecule has 0 atom stereocenters. The number of nitro benzene ring substituents is 1. The minimum absolute atomic E-state index is 0.0192. The Morgan fingerprint density at radius 3 is 2.91 bits per heavy atom. The van der Waals surface area contributed by atoms with Gasteiger partial charge in [-0.2, -0.15) is 16.3 Å². The zero-order chi connectivity index (χ0) is 16.2. The SMILES string of the molecule is COc1ccc([N+](=O)[O-])cc1OCc1nc(-c2ccsc2)no1. The van der Waals surface area contributed by atoms with Crippen LogP contribution in [-0.4, -0.2) is 22.2 Å². The van der Waals surface area contributed by atoms with E-state index < -0.39 is 4.92 Å². The zero-order valence-electron chi connectivity index (χ0n) is 12.0. The van der Waals surface area contributed by atoms with E-state index in [1.54, 1.807) is 0 Å². The number of rotatable bonds is 6. The van der Waals surface area contributed by atoms with Crippen molar-refractivity contribution in [2.45, 2.75) is 6.61 Å². The monoisotopic (exact) mass is 333 g/mol. The van der Waals surface area contributed by atoms with Crippen molar-refractivity contribution in [3.05, 3.63) is 51.0 Å². The molecule has 0 aliphatic carbocycles. The van der Waals surface area contributed by atoms with Crippen LogP contribution in [0.5, 0.6) is 11.5 Å². The maximum absolute atomic E-state index is 10.8. The van der Waals surface area contributed by atoms with Crippen LogP contribution >= 0.6 is 11.3 Å². The Morgan fingerprint density at radius 2 is 2.22 bits per heavy atom. The molecule has 1 aromatic carbocycles. The summed E-state index contributed by atoms with van der Waals surface area (Å²) >= 11 is 1.53. The van der Waals surface area contributed by atoms with Gasteiger partial charge in [-0.15, -0.1) is 0 Å². The van der Waals surface area contributed by atoms with Crippen LogP contribution in [0.25, 0.3) is 11.4 Å². The van der Waals surface area contributed by atoms with Gasteiger partial charge in [0, 0.05) is 17.0 Å². The van der Waals surface area contributed by atoms with Gasteiger partial charge in [-0.25, -0.2) is 0 Å². The van der Waals surface area contributed by atoms with Crippen molar-refractivity contribution in [2.24, 2.45) is 0 Å². The number of thiophene rings is 1. The lowest BCUT2D eigenvalue weighted by Gasteiger charge is -2.08. The van der Waals surface area contributed by atoms with Gasteiger partial charge in [-0.1, -0.05) is 5.16 Å². The number of benzene rings is 1. The number of nitrogens with zero attached hydrogens (tertiary/aromatic N) is 3. The van der Waals surface area contributed by atoms with E-state index in [-0.39, 0.29) is 23.9 Å². The average molecular weight is 333 g/mol. The molecule has 8 nitrogen and oxygen atoms in total. The molecule has 0 N–H and O–H groups in total. The molecular weight excluding hydrogens is 322 g/mol. The molecule has 0 amide bonds. The molecule has 118 valence electrons. The molecular formula is C14H11N3O5S. The third kappa shape index (κ3) is 3.29. The van der Waals surface area contributed by atoms with Crippen molar-refractivity contribution in [1.82, 2.24) is 10.1 Å². The first-order chi connectivity index (χ1) is 11.2. The van der Waals surface area contributed by atoms with Crippen molar-refractivity contribution in [3.8, 4) is 22.9 Å². The fraction of sp³-hybridized carbons (Fsp3) is 0.143. The largest absolute Gasteiger partial charge is 0.493 e. The normalized spacial score (nSPS) is 10.5. The van der Waals surface area contributed by atoms with E-state index in [4.69, 9.17) is 14.0 Å². The maximum atomic E-state index is 10.8. The minimum Gasteiger partial charge on any atom is -0.493 e. The Bertz CT molecular complexity index is 816. The van der Waals surface area contributed by atoms with Gasteiger partial charge >= 0.3 is 0 Å². The van der Waals surface area contributed by atoms with Crippen LogP contribution in [0.3, 0.4) is 0 Å². The third-order valence-electron chi connectivity index (χ3n) is 2.96. The van der Waals surface area contributed by atoms with Gasteiger partial charge < -0.3 is 14.0 Å². The van der Waals surface area contributed by atoms with Crippen LogP contribution in [0.4, 0.5) is 5.69 Å². The summed E-state index contributed by atoms with van der Waals surface area (Å²) in [6, 6.07) is 5.98. The molecule has 0 spiro atoms. The van der Waals surface area contributed by atoms with Crippen molar-refractivity contribution in [2.75, 3.05) is 7.11 Å². The van der Waals surface area contributed by atoms with Gasteiger partial charge in [0.05, 0.1) is 18.1 Å². The second-order valence-corrected chi connectivity index (χ2v) is 5.18. The fourth-order valence-electron chi connectivity index (χ4n) is 1.85.